The van der Waals surface area contributed by atoms with Crippen LogP contribution in [0.4, 0.5) is 0 Å². The molecule has 2 fully saturated rings. The molecule has 2 saturated heterocycles. The van der Waals surface area contributed by atoms with E-state index in [1.165, 1.54) is 12.8 Å². The van der Waals surface area contributed by atoms with Gasteiger partial charge in [-0.3, -0.25) is 9.30 Å². The lowest BCUT2D eigenvalue weighted by atomic mass is 10.00. The second-order valence-corrected chi connectivity index (χ2v) is 6.38. The molecule has 0 saturated carbocycles. The Bertz CT molecular complexity index is 521. The molecule has 0 radical (unpaired) electrons. The zero-order valence-corrected chi connectivity index (χ0v) is 11.0. The minimum atomic E-state index is -0.0794. The van der Waals surface area contributed by atoms with Crippen LogP contribution in [0.15, 0.2) is 17.8 Å². The number of thiazole rings is 1. The van der Waals surface area contributed by atoms with Crippen LogP contribution in [-0.2, 0) is 6.54 Å². The Kier molecular flexibility index (Phi) is 2.46. The Labute approximate surface area is 110 Å². The summed E-state index contributed by atoms with van der Waals surface area (Å²) in [5.74, 6) is 0. The number of aliphatic hydroxyl groups is 1. The van der Waals surface area contributed by atoms with E-state index in [0.717, 1.165) is 30.0 Å². The number of nitrogens with zero attached hydrogens (tertiary/aromatic N) is 3. The van der Waals surface area contributed by atoms with Gasteiger partial charge >= 0.3 is 0 Å². The zero-order chi connectivity index (χ0) is 12.1. The van der Waals surface area contributed by atoms with Crippen LogP contribution in [-0.4, -0.2) is 37.6 Å². The van der Waals surface area contributed by atoms with Crippen molar-refractivity contribution in [2.75, 3.05) is 0 Å². The zero-order valence-electron chi connectivity index (χ0n) is 10.2. The number of imidazole rings is 1. The first kappa shape index (κ1) is 11.0. The molecule has 2 unspecified atom stereocenters. The first-order chi connectivity index (χ1) is 8.79. The van der Waals surface area contributed by atoms with Gasteiger partial charge in [-0.05, 0) is 25.7 Å². The van der Waals surface area contributed by atoms with Crippen molar-refractivity contribution in [3.05, 3.63) is 23.5 Å². The summed E-state index contributed by atoms with van der Waals surface area (Å²) < 4.78 is 2.10. The number of hydrogen-bond donors (Lipinski definition) is 1. The van der Waals surface area contributed by atoms with E-state index in [2.05, 4.69) is 32.1 Å². The van der Waals surface area contributed by atoms with Crippen molar-refractivity contribution < 1.29 is 5.11 Å². The molecule has 2 bridgehead atoms. The van der Waals surface area contributed by atoms with Gasteiger partial charge in [0.05, 0.1) is 11.8 Å². The summed E-state index contributed by atoms with van der Waals surface area (Å²) in [4.78, 5) is 8.29. The Hall–Kier alpha value is -0.910. The number of aromatic nitrogens is 2. The highest BCUT2D eigenvalue weighted by atomic mass is 32.1. The molecule has 0 aromatic carbocycles. The second kappa shape index (κ2) is 4.05. The van der Waals surface area contributed by atoms with E-state index in [-0.39, 0.29) is 6.10 Å². The third kappa shape index (κ3) is 1.69. The third-order valence-electron chi connectivity index (χ3n) is 4.35. The largest absolute Gasteiger partial charge is 0.393 e. The fourth-order valence-corrected chi connectivity index (χ4v) is 4.26. The maximum Gasteiger partial charge on any atom is 0.193 e. The van der Waals surface area contributed by atoms with Gasteiger partial charge in [0.1, 0.15) is 0 Å². The van der Waals surface area contributed by atoms with Gasteiger partial charge in [0.15, 0.2) is 4.96 Å². The van der Waals surface area contributed by atoms with Crippen LogP contribution in [0.2, 0.25) is 0 Å². The predicted molar refractivity (Wildman–Crippen MR) is 70.7 cm³/mol. The first-order valence-corrected chi connectivity index (χ1v) is 7.52. The fourth-order valence-electron chi connectivity index (χ4n) is 3.54. The van der Waals surface area contributed by atoms with Gasteiger partial charge in [0.25, 0.3) is 0 Å². The summed E-state index contributed by atoms with van der Waals surface area (Å²) in [5, 5.41) is 11.9. The van der Waals surface area contributed by atoms with Crippen molar-refractivity contribution in [3.63, 3.8) is 0 Å². The number of aliphatic hydroxyl groups excluding tert-OH is 1. The van der Waals surface area contributed by atoms with Gasteiger partial charge < -0.3 is 5.11 Å². The van der Waals surface area contributed by atoms with Crippen molar-refractivity contribution in [3.8, 4) is 0 Å². The molecule has 2 aromatic rings. The highest BCUT2D eigenvalue weighted by molar-refractivity contribution is 7.15. The molecular formula is C13H17N3OS. The molecule has 4 heterocycles. The maximum atomic E-state index is 9.81. The van der Waals surface area contributed by atoms with E-state index in [4.69, 9.17) is 0 Å². The number of piperidine rings is 1. The lowest BCUT2D eigenvalue weighted by Crippen LogP contribution is -2.44. The molecule has 0 spiro atoms. The van der Waals surface area contributed by atoms with Crippen LogP contribution in [0.5, 0.6) is 0 Å². The molecule has 1 N–H and O–H groups in total. The summed E-state index contributed by atoms with van der Waals surface area (Å²) in [7, 11) is 0. The smallest absolute Gasteiger partial charge is 0.193 e. The van der Waals surface area contributed by atoms with Crippen LogP contribution < -0.4 is 0 Å². The first-order valence-electron chi connectivity index (χ1n) is 6.64. The Morgan fingerprint density at radius 1 is 1.33 bits per heavy atom. The SMILES string of the molecule is OC1CC2CCC(C1)N2Cc1cn2ccsc2n1. The molecule has 2 atom stereocenters. The van der Waals surface area contributed by atoms with Gasteiger partial charge in [0, 0.05) is 36.4 Å². The van der Waals surface area contributed by atoms with E-state index in [1.807, 2.05) is 0 Å². The van der Waals surface area contributed by atoms with Crippen LogP contribution in [0.3, 0.4) is 0 Å². The van der Waals surface area contributed by atoms with E-state index in [1.54, 1.807) is 11.3 Å². The van der Waals surface area contributed by atoms with Crippen LogP contribution in [0.1, 0.15) is 31.4 Å². The predicted octanol–water partition coefficient (Wildman–Crippen LogP) is 1.88. The maximum absolute atomic E-state index is 9.81. The third-order valence-corrected chi connectivity index (χ3v) is 5.12. The van der Waals surface area contributed by atoms with E-state index >= 15 is 0 Å². The number of hydrogen-bond acceptors (Lipinski definition) is 4. The molecular weight excluding hydrogens is 246 g/mol. The Morgan fingerprint density at radius 3 is 2.83 bits per heavy atom. The molecule has 0 aliphatic carbocycles. The molecule has 2 aliphatic rings. The molecule has 18 heavy (non-hydrogen) atoms. The summed E-state index contributed by atoms with van der Waals surface area (Å²) in [6, 6.07) is 1.14. The van der Waals surface area contributed by atoms with Gasteiger partial charge in [0.2, 0.25) is 0 Å². The molecule has 4 nitrogen and oxygen atoms in total. The summed E-state index contributed by atoms with van der Waals surface area (Å²) in [5.41, 5.74) is 1.16. The fraction of sp³-hybridized carbons (Fsp3) is 0.615. The van der Waals surface area contributed by atoms with Crippen molar-refractivity contribution in [1.29, 1.82) is 0 Å². The minimum Gasteiger partial charge on any atom is -0.393 e. The van der Waals surface area contributed by atoms with Crippen LogP contribution in [0, 0.1) is 0 Å². The summed E-state index contributed by atoms with van der Waals surface area (Å²) in [6.07, 6.45) is 8.48. The van der Waals surface area contributed by atoms with Gasteiger partial charge in [-0.15, -0.1) is 11.3 Å². The molecule has 0 amide bonds. The standard InChI is InChI=1S/C13H17N3OS/c17-12-5-10-1-2-11(6-12)16(10)8-9-7-15-3-4-18-13(15)14-9/h3-4,7,10-12,17H,1-2,5-6,8H2. The quantitative estimate of drug-likeness (QED) is 0.899. The minimum absolute atomic E-state index is 0.0794. The topological polar surface area (TPSA) is 40.8 Å². The number of rotatable bonds is 2. The molecule has 2 aromatic heterocycles. The normalized spacial score (nSPS) is 32.4. The molecule has 2 aliphatic heterocycles. The van der Waals surface area contributed by atoms with Gasteiger partial charge in [-0.1, -0.05) is 0 Å². The highest BCUT2D eigenvalue weighted by Gasteiger charge is 2.40. The van der Waals surface area contributed by atoms with Crippen molar-refractivity contribution >= 4 is 16.3 Å². The average Bonchev–Trinajstić information content (AvgIpc) is 2.94. The second-order valence-electron chi connectivity index (χ2n) is 5.51. The van der Waals surface area contributed by atoms with Crippen LogP contribution >= 0.6 is 11.3 Å². The lowest BCUT2D eigenvalue weighted by Gasteiger charge is -2.36. The number of fused-ring (bicyclic) bond motifs is 3. The molecule has 96 valence electrons. The molecule has 5 heteroatoms. The summed E-state index contributed by atoms with van der Waals surface area (Å²) >= 11 is 1.68. The van der Waals surface area contributed by atoms with Gasteiger partial charge in [-0.2, -0.15) is 0 Å². The van der Waals surface area contributed by atoms with Crippen molar-refractivity contribution in [1.82, 2.24) is 14.3 Å². The monoisotopic (exact) mass is 263 g/mol. The van der Waals surface area contributed by atoms with Crippen molar-refractivity contribution in [2.45, 2.75) is 50.4 Å². The van der Waals surface area contributed by atoms with Crippen molar-refractivity contribution in [2.24, 2.45) is 0 Å². The van der Waals surface area contributed by atoms with Gasteiger partial charge in [-0.25, -0.2) is 4.98 Å². The van der Waals surface area contributed by atoms with E-state index < -0.39 is 0 Å². The van der Waals surface area contributed by atoms with E-state index in [9.17, 15) is 5.11 Å². The van der Waals surface area contributed by atoms with E-state index in [0.29, 0.717) is 12.1 Å². The highest BCUT2D eigenvalue weighted by Crippen LogP contribution is 2.36. The summed E-state index contributed by atoms with van der Waals surface area (Å²) in [6.45, 7) is 0.941. The van der Waals surface area contributed by atoms with Crippen LogP contribution in [0.25, 0.3) is 4.96 Å². The lowest BCUT2D eigenvalue weighted by molar-refractivity contribution is 0.0304. The average molecular weight is 263 g/mol. The molecule has 4 rings (SSSR count). The Balaban J connectivity index is 1.56. The Morgan fingerprint density at radius 2 is 2.11 bits per heavy atom.